The van der Waals surface area contributed by atoms with E-state index in [1.807, 2.05) is 44.2 Å². The number of aromatic carboxylic acids is 1. The SMILES string of the molecule is C=CCCC(Cc1ccc(C(=O)O)cc1)C(=O)O.C=CCCC(Cc1ccc(C(=O)OCc2ccc(OC(=O)C(C)C)cc2)cc1)C(=O)O.C=CCCC(Cc1ccc(C(=O)OCc2ccc(OC(=O)C(C)C)cc2)cc1)C(=O)OCC[Si](C)(C)C.CC(C)C(=O)Oc1ccc(CBr)cc1. The van der Waals surface area contributed by atoms with Gasteiger partial charge in [0, 0.05) is 13.4 Å². The number of esters is 6. The Hall–Kier alpha value is -9.53. The van der Waals surface area contributed by atoms with E-state index in [9.17, 15) is 48.3 Å². The molecule has 20 heteroatoms. The van der Waals surface area contributed by atoms with Crippen LogP contribution in [-0.4, -0.2) is 83.7 Å². The Bertz CT molecular complexity index is 3570. The van der Waals surface area contributed by atoms with E-state index < -0.39 is 49.8 Å². The third kappa shape index (κ3) is 33.8. The summed E-state index contributed by atoms with van der Waals surface area (Å²) in [5, 5.41) is 28.0. The topological polar surface area (TPSA) is 270 Å². The summed E-state index contributed by atoms with van der Waals surface area (Å²) in [7, 11) is -1.27. The van der Waals surface area contributed by atoms with Crippen LogP contribution in [-0.2, 0) is 80.8 Å². The van der Waals surface area contributed by atoms with Gasteiger partial charge in [0.1, 0.15) is 30.5 Å². The van der Waals surface area contributed by atoms with Gasteiger partial charge in [-0.15, -0.1) is 19.7 Å². The summed E-state index contributed by atoms with van der Waals surface area (Å²) >= 11 is 3.35. The molecule has 0 bridgehead atoms. The number of hydrogen-bond acceptors (Lipinski definition) is 15. The molecule has 0 aliphatic carbocycles. The summed E-state index contributed by atoms with van der Waals surface area (Å²) in [6, 6.07) is 42.3. The molecule has 0 heterocycles. The average molecular weight is 1450 g/mol. The second kappa shape index (κ2) is 45.2. The van der Waals surface area contributed by atoms with Crippen LogP contribution < -0.4 is 14.2 Å². The molecule has 3 atom stereocenters. The molecule has 0 aromatic heterocycles. The van der Waals surface area contributed by atoms with Crippen molar-refractivity contribution in [3.63, 3.8) is 0 Å². The molecule has 0 radical (unpaired) electrons. The van der Waals surface area contributed by atoms with Crippen molar-refractivity contribution >= 4 is 77.7 Å². The lowest BCUT2D eigenvalue weighted by molar-refractivity contribution is -0.148. The van der Waals surface area contributed by atoms with Crippen LogP contribution in [0.4, 0.5) is 0 Å². The molecule has 18 nitrogen and oxygen atoms in total. The summed E-state index contributed by atoms with van der Waals surface area (Å²) in [6.45, 7) is 29.1. The highest BCUT2D eigenvalue weighted by Gasteiger charge is 2.24. The molecule has 0 aliphatic rings. The summed E-state index contributed by atoms with van der Waals surface area (Å²) < 4.78 is 31.9. The first-order valence-electron chi connectivity index (χ1n) is 33.2. The first-order valence-corrected chi connectivity index (χ1v) is 38.1. The predicted octanol–water partition coefficient (Wildman–Crippen LogP) is 17.2. The zero-order valence-electron chi connectivity index (χ0n) is 58.9. The van der Waals surface area contributed by atoms with Gasteiger partial charge in [0.2, 0.25) is 0 Å². The first kappa shape index (κ1) is 84.7. The molecule has 0 saturated carbocycles. The molecule has 0 spiro atoms. The maximum absolute atomic E-state index is 12.7. The van der Waals surface area contributed by atoms with E-state index in [2.05, 4.69) is 55.3 Å². The number of carbonyl (C=O) groups excluding carboxylic acids is 6. The summed E-state index contributed by atoms with van der Waals surface area (Å²) in [5.74, 6) is -4.74. The molecule has 536 valence electrons. The fourth-order valence-electron chi connectivity index (χ4n) is 8.77. The second-order valence-corrected chi connectivity index (χ2v) is 32.0. The number of carbonyl (C=O) groups is 9. The maximum atomic E-state index is 12.7. The minimum absolute atomic E-state index is 0.0850. The highest BCUT2D eigenvalue weighted by atomic mass is 79.9. The van der Waals surface area contributed by atoms with Gasteiger partial charge in [0.05, 0.1) is 58.8 Å². The number of allylic oxidation sites excluding steroid dienone is 3. The Morgan fingerprint density at radius 1 is 0.400 bits per heavy atom. The standard InChI is InChI=1S/C30H40O6Si.C25H28O6.C14H16O4.C11H13BrO2/c1-7-8-9-26(30(33)34-18-19-37(4,5)6)20-23-10-14-25(15-11-23)29(32)35-21-24-12-16-27(17-13-24)36-28(31)22(2)3;1-4-5-6-21(23(26)27)15-18-7-11-20(12-8-18)25(29)30-16-19-9-13-22(14-10-19)31-24(28)17(2)3;1-2-3-4-12(14(17)18)9-10-5-7-11(8-6-10)13(15)16;1-8(2)11(13)14-10-5-3-9(7-12)4-6-10/h7,10-17,22,26H,1,8-9,18-21H2,2-6H3;4,7-14,17,21H,1,5-6,15-16H2,2-3H3,(H,26,27);2,5-8,12H,1,3-4,9H2,(H,15,16)(H,17,18);3-6,8H,7H2,1-2H3. The minimum Gasteiger partial charge on any atom is -0.481 e. The van der Waals surface area contributed by atoms with Gasteiger partial charge in [0.25, 0.3) is 0 Å². The summed E-state index contributed by atoms with van der Waals surface area (Å²) in [6.07, 6.45) is 10.3. The van der Waals surface area contributed by atoms with Crippen LogP contribution in [0.5, 0.6) is 17.2 Å². The van der Waals surface area contributed by atoms with Gasteiger partial charge < -0.3 is 43.7 Å². The summed E-state index contributed by atoms with van der Waals surface area (Å²) in [4.78, 5) is 105. The van der Waals surface area contributed by atoms with Crippen molar-refractivity contribution in [3.05, 3.63) is 234 Å². The normalized spacial score (nSPS) is 11.6. The van der Waals surface area contributed by atoms with E-state index in [4.69, 9.17) is 38.6 Å². The van der Waals surface area contributed by atoms with Crippen molar-refractivity contribution in [2.45, 2.75) is 144 Å². The number of hydrogen-bond donors (Lipinski definition) is 3. The number of halogens is 1. The Labute approximate surface area is 597 Å². The zero-order valence-corrected chi connectivity index (χ0v) is 61.5. The first-order chi connectivity index (χ1) is 47.4. The number of carboxylic acid groups (broad SMARTS) is 3. The number of benzene rings is 6. The van der Waals surface area contributed by atoms with Crippen molar-refractivity contribution in [2.75, 3.05) is 6.61 Å². The molecule has 3 N–H and O–H groups in total. The third-order valence-corrected chi connectivity index (χ3v) is 17.4. The average Bonchev–Trinajstić information content (AvgIpc) is 0.921. The lowest BCUT2D eigenvalue weighted by Crippen LogP contribution is -2.25. The minimum atomic E-state index is -1.27. The van der Waals surface area contributed by atoms with Crippen LogP contribution in [0.1, 0.15) is 145 Å². The van der Waals surface area contributed by atoms with Gasteiger partial charge in [-0.2, -0.15) is 0 Å². The smallest absolute Gasteiger partial charge is 0.338 e. The number of aliphatic carboxylic acids is 2. The molecule has 0 aliphatic heterocycles. The number of rotatable bonds is 35. The van der Waals surface area contributed by atoms with Crippen molar-refractivity contribution in [1.82, 2.24) is 0 Å². The van der Waals surface area contributed by atoms with Crippen LogP contribution in [0, 0.1) is 35.5 Å². The highest BCUT2D eigenvalue weighted by Crippen LogP contribution is 2.23. The monoisotopic (exact) mass is 1450 g/mol. The molecular weight excluding hydrogens is 1360 g/mol. The maximum Gasteiger partial charge on any atom is 0.338 e. The van der Waals surface area contributed by atoms with Crippen LogP contribution in [0.15, 0.2) is 184 Å². The fraction of sp³-hybridized carbons (Fsp3) is 0.362. The van der Waals surface area contributed by atoms with E-state index in [0.717, 1.165) is 51.2 Å². The molecule has 6 rings (SSSR count). The second-order valence-electron chi connectivity index (χ2n) is 25.8. The number of carboxylic acids is 3. The van der Waals surface area contributed by atoms with E-state index in [-0.39, 0.29) is 66.3 Å². The molecule has 100 heavy (non-hydrogen) atoms. The lowest BCUT2D eigenvalue weighted by Gasteiger charge is -2.19. The van der Waals surface area contributed by atoms with E-state index in [1.54, 1.807) is 149 Å². The van der Waals surface area contributed by atoms with Gasteiger partial charge in [-0.1, -0.05) is 168 Å². The zero-order chi connectivity index (χ0) is 74.3. The quantitative estimate of drug-likeness (QED) is 0.00833. The molecule has 0 saturated heterocycles. The Morgan fingerprint density at radius 3 is 0.970 bits per heavy atom. The van der Waals surface area contributed by atoms with Crippen molar-refractivity contribution < 1.29 is 86.9 Å². The van der Waals surface area contributed by atoms with Crippen molar-refractivity contribution in [3.8, 4) is 17.2 Å². The lowest BCUT2D eigenvalue weighted by atomic mass is 9.94. The largest absolute Gasteiger partial charge is 0.481 e. The van der Waals surface area contributed by atoms with Crippen LogP contribution in [0.25, 0.3) is 0 Å². The van der Waals surface area contributed by atoms with Crippen LogP contribution in [0.3, 0.4) is 0 Å². The molecular formula is C80H97BrO18Si. The fourth-order valence-corrected chi connectivity index (χ4v) is 9.86. The highest BCUT2D eigenvalue weighted by molar-refractivity contribution is 9.08. The van der Waals surface area contributed by atoms with Crippen LogP contribution >= 0.6 is 15.9 Å². The molecule has 3 unspecified atom stereocenters. The summed E-state index contributed by atoms with van der Waals surface area (Å²) in [5.41, 5.74) is 6.38. The van der Waals surface area contributed by atoms with Gasteiger partial charge in [0.15, 0.2) is 0 Å². The van der Waals surface area contributed by atoms with Crippen molar-refractivity contribution in [2.24, 2.45) is 35.5 Å². The van der Waals surface area contributed by atoms with Crippen molar-refractivity contribution in [1.29, 1.82) is 0 Å². The van der Waals surface area contributed by atoms with Gasteiger partial charge in [-0.3, -0.25) is 28.8 Å². The Balaban J connectivity index is 0.000000370. The van der Waals surface area contributed by atoms with E-state index in [1.165, 1.54) is 12.1 Å². The third-order valence-electron chi connectivity index (χ3n) is 15.0. The molecule has 6 aromatic carbocycles. The molecule has 6 aromatic rings. The Morgan fingerprint density at radius 2 is 0.690 bits per heavy atom. The molecule has 0 fully saturated rings. The van der Waals surface area contributed by atoms with Gasteiger partial charge >= 0.3 is 53.7 Å². The van der Waals surface area contributed by atoms with E-state index >= 15 is 0 Å². The molecule has 0 amide bonds. The van der Waals surface area contributed by atoms with Gasteiger partial charge in [-0.25, -0.2) is 14.4 Å². The predicted molar refractivity (Wildman–Crippen MR) is 392 cm³/mol. The van der Waals surface area contributed by atoms with Crippen LogP contribution in [0.2, 0.25) is 25.7 Å². The number of alkyl halides is 1. The van der Waals surface area contributed by atoms with E-state index in [0.29, 0.717) is 86.3 Å². The van der Waals surface area contributed by atoms with Gasteiger partial charge in [-0.05, 0) is 170 Å². The Kier molecular flexibility index (Phi) is 38.3. The number of ether oxygens (including phenoxy) is 6.